The van der Waals surface area contributed by atoms with E-state index < -0.39 is 0 Å². The quantitative estimate of drug-likeness (QED) is 0.724. The maximum Gasteiger partial charge on any atom is 0.141 e. The minimum absolute atomic E-state index is 0.212. The lowest BCUT2D eigenvalue weighted by atomic mass is 10.2. The predicted molar refractivity (Wildman–Crippen MR) is 58.4 cm³/mol. The molecule has 1 aromatic rings. The molecule has 2 N–H and O–H groups in total. The van der Waals surface area contributed by atoms with E-state index in [-0.39, 0.29) is 12.5 Å². The molecule has 0 aliphatic heterocycles. The molecule has 0 radical (unpaired) electrons. The number of aliphatic hydroxyl groups excluding tert-OH is 1. The fourth-order valence-electron chi connectivity index (χ4n) is 1.33. The normalized spacial score (nSPS) is 13.4. The Morgan fingerprint density at radius 3 is 2.80 bits per heavy atom. The Balaban J connectivity index is 2.40. The topological polar surface area (TPSA) is 63.0 Å². The highest BCUT2D eigenvalue weighted by Crippen LogP contribution is 2.04. The minimum atomic E-state index is 0.212. The molecule has 1 unspecified atom stereocenters. The summed E-state index contributed by atoms with van der Waals surface area (Å²) in [7, 11) is 0. The van der Waals surface area contributed by atoms with Crippen LogP contribution in [0, 0.1) is 5.92 Å². The van der Waals surface area contributed by atoms with Gasteiger partial charge in [0.2, 0.25) is 0 Å². The second kappa shape index (κ2) is 5.82. The molecule has 0 aromatic carbocycles. The number of aromatic nitrogens is 3. The van der Waals surface area contributed by atoms with Gasteiger partial charge in [-0.05, 0) is 19.8 Å². The molecule has 1 heterocycles. The third-order valence-corrected chi connectivity index (χ3v) is 2.22. The summed E-state index contributed by atoms with van der Waals surface area (Å²) >= 11 is 0. The standard InChI is InChI=1S/C10H20N4O/c1-8(2)14-10(12-7-13-14)5-11-4-9(3)6-15/h7-9,11,15H,4-6H2,1-3H3. The lowest BCUT2D eigenvalue weighted by Gasteiger charge is -2.11. The molecule has 5 nitrogen and oxygen atoms in total. The Morgan fingerprint density at radius 2 is 2.20 bits per heavy atom. The molecule has 15 heavy (non-hydrogen) atoms. The van der Waals surface area contributed by atoms with Gasteiger partial charge in [-0.15, -0.1) is 0 Å². The Bertz CT molecular complexity index is 285. The lowest BCUT2D eigenvalue weighted by molar-refractivity contribution is 0.233. The zero-order chi connectivity index (χ0) is 11.3. The first-order valence-corrected chi connectivity index (χ1v) is 5.35. The zero-order valence-corrected chi connectivity index (χ0v) is 9.64. The molecule has 86 valence electrons. The van der Waals surface area contributed by atoms with Gasteiger partial charge in [0.1, 0.15) is 12.2 Å². The number of nitrogens with zero attached hydrogens (tertiary/aromatic N) is 3. The van der Waals surface area contributed by atoms with Gasteiger partial charge in [0.05, 0.1) is 6.54 Å². The van der Waals surface area contributed by atoms with Gasteiger partial charge in [-0.2, -0.15) is 5.10 Å². The van der Waals surface area contributed by atoms with E-state index in [1.807, 2.05) is 11.6 Å². The summed E-state index contributed by atoms with van der Waals surface area (Å²) in [5, 5.41) is 16.3. The smallest absolute Gasteiger partial charge is 0.141 e. The van der Waals surface area contributed by atoms with Crippen molar-refractivity contribution in [1.82, 2.24) is 20.1 Å². The van der Waals surface area contributed by atoms with Gasteiger partial charge in [-0.1, -0.05) is 6.92 Å². The molecule has 0 bridgehead atoms. The van der Waals surface area contributed by atoms with Gasteiger partial charge in [-0.3, -0.25) is 0 Å². The minimum Gasteiger partial charge on any atom is -0.396 e. The van der Waals surface area contributed by atoms with Gasteiger partial charge < -0.3 is 10.4 Å². The second-order valence-corrected chi connectivity index (χ2v) is 4.13. The Kier molecular flexibility index (Phi) is 4.71. The van der Waals surface area contributed by atoms with Crippen molar-refractivity contribution >= 4 is 0 Å². The summed E-state index contributed by atoms with van der Waals surface area (Å²) in [5.74, 6) is 1.22. The third-order valence-electron chi connectivity index (χ3n) is 2.22. The average molecular weight is 212 g/mol. The highest BCUT2D eigenvalue weighted by Gasteiger charge is 2.07. The Morgan fingerprint density at radius 1 is 1.47 bits per heavy atom. The molecule has 0 amide bonds. The summed E-state index contributed by atoms with van der Waals surface area (Å²) in [4.78, 5) is 4.19. The number of aliphatic hydroxyl groups is 1. The summed E-state index contributed by atoms with van der Waals surface area (Å²) in [6.07, 6.45) is 1.58. The first-order valence-electron chi connectivity index (χ1n) is 5.35. The first-order chi connectivity index (χ1) is 7.15. The van der Waals surface area contributed by atoms with Crippen molar-refractivity contribution in [2.45, 2.75) is 33.4 Å². The van der Waals surface area contributed by atoms with Crippen LogP contribution in [0.25, 0.3) is 0 Å². The van der Waals surface area contributed by atoms with E-state index in [1.165, 1.54) is 0 Å². The zero-order valence-electron chi connectivity index (χ0n) is 9.64. The van der Waals surface area contributed by atoms with E-state index in [1.54, 1.807) is 6.33 Å². The van der Waals surface area contributed by atoms with E-state index in [9.17, 15) is 0 Å². The van der Waals surface area contributed by atoms with Gasteiger partial charge in [0.15, 0.2) is 0 Å². The molecule has 1 rings (SSSR count). The van der Waals surface area contributed by atoms with Crippen LogP contribution in [-0.4, -0.2) is 33.0 Å². The van der Waals surface area contributed by atoms with Crippen molar-refractivity contribution < 1.29 is 5.11 Å². The van der Waals surface area contributed by atoms with E-state index >= 15 is 0 Å². The van der Waals surface area contributed by atoms with E-state index in [0.717, 1.165) is 12.4 Å². The third kappa shape index (κ3) is 3.60. The number of hydrogen-bond acceptors (Lipinski definition) is 4. The van der Waals surface area contributed by atoms with Crippen molar-refractivity contribution in [2.75, 3.05) is 13.2 Å². The summed E-state index contributed by atoms with van der Waals surface area (Å²) in [6.45, 7) is 7.86. The van der Waals surface area contributed by atoms with Gasteiger partial charge in [0, 0.05) is 19.2 Å². The van der Waals surface area contributed by atoms with Crippen LogP contribution < -0.4 is 5.32 Å². The van der Waals surface area contributed by atoms with E-state index in [4.69, 9.17) is 5.11 Å². The van der Waals surface area contributed by atoms with Crippen LogP contribution in [-0.2, 0) is 6.54 Å². The SMILES string of the molecule is CC(CO)CNCc1ncnn1C(C)C. The van der Waals surface area contributed by atoms with E-state index in [0.29, 0.717) is 12.6 Å². The molecule has 1 aromatic heterocycles. The van der Waals surface area contributed by atoms with Crippen molar-refractivity contribution in [3.8, 4) is 0 Å². The Labute approximate surface area is 90.5 Å². The van der Waals surface area contributed by atoms with Gasteiger partial charge in [0.25, 0.3) is 0 Å². The highest BCUT2D eigenvalue weighted by molar-refractivity contribution is 4.85. The number of rotatable bonds is 6. The largest absolute Gasteiger partial charge is 0.396 e. The van der Waals surface area contributed by atoms with Crippen molar-refractivity contribution in [2.24, 2.45) is 5.92 Å². The molecule has 0 saturated heterocycles. The predicted octanol–water partition coefficient (Wildman–Crippen LogP) is 0.577. The van der Waals surface area contributed by atoms with Crippen LogP contribution in [0.3, 0.4) is 0 Å². The fourth-order valence-corrected chi connectivity index (χ4v) is 1.33. The van der Waals surface area contributed by atoms with Gasteiger partial charge >= 0.3 is 0 Å². The van der Waals surface area contributed by atoms with Gasteiger partial charge in [-0.25, -0.2) is 9.67 Å². The monoisotopic (exact) mass is 212 g/mol. The number of hydrogen-bond donors (Lipinski definition) is 2. The summed E-state index contributed by atoms with van der Waals surface area (Å²) in [5.41, 5.74) is 0. The molecule has 0 spiro atoms. The summed E-state index contributed by atoms with van der Waals surface area (Å²) < 4.78 is 1.90. The van der Waals surface area contributed by atoms with Crippen LogP contribution in [0.4, 0.5) is 0 Å². The van der Waals surface area contributed by atoms with Crippen LogP contribution in [0.15, 0.2) is 6.33 Å². The molecule has 0 aliphatic rings. The van der Waals surface area contributed by atoms with Crippen LogP contribution in [0.2, 0.25) is 0 Å². The average Bonchev–Trinajstić information content (AvgIpc) is 2.65. The maximum absolute atomic E-state index is 8.86. The van der Waals surface area contributed by atoms with Crippen molar-refractivity contribution in [3.63, 3.8) is 0 Å². The fraction of sp³-hybridized carbons (Fsp3) is 0.800. The molecule has 1 atom stereocenters. The molecular formula is C10H20N4O. The van der Waals surface area contributed by atoms with Crippen LogP contribution in [0.1, 0.15) is 32.6 Å². The van der Waals surface area contributed by atoms with Crippen LogP contribution >= 0.6 is 0 Å². The van der Waals surface area contributed by atoms with Crippen LogP contribution in [0.5, 0.6) is 0 Å². The molecule has 0 saturated carbocycles. The van der Waals surface area contributed by atoms with Crippen molar-refractivity contribution in [3.05, 3.63) is 12.2 Å². The summed E-state index contributed by atoms with van der Waals surface area (Å²) in [6, 6.07) is 0.333. The maximum atomic E-state index is 8.86. The molecular weight excluding hydrogens is 192 g/mol. The first kappa shape index (κ1) is 12.1. The van der Waals surface area contributed by atoms with Crippen molar-refractivity contribution in [1.29, 1.82) is 0 Å². The van der Waals surface area contributed by atoms with E-state index in [2.05, 4.69) is 29.2 Å². The molecule has 0 aliphatic carbocycles. The highest BCUT2D eigenvalue weighted by atomic mass is 16.3. The lowest BCUT2D eigenvalue weighted by Crippen LogP contribution is -2.25. The Hall–Kier alpha value is -0.940. The number of nitrogens with one attached hydrogen (secondary N) is 1. The molecule has 5 heteroatoms. The second-order valence-electron chi connectivity index (χ2n) is 4.13. The molecule has 0 fully saturated rings.